The molecule has 0 aromatic carbocycles. The number of rotatable bonds is 2. The summed E-state index contributed by atoms with van der Waals surface area (Å²) in [6, 6.07) is 0. The minimum absolute atomic E-state index is 0.647. The summed E-state index contributed by atoms with van der Waals surface area (Å²) in [5, 5.41) is 3.27. The van der Waals surface area contributed by atoms with Gasteiger partial charge in [-0.25, -0.2) is 4.98 Å². The Morgan fingerprint density at radius 2 is 2.08 bits per heavy atom. The number of H-pyrrole nitrogens is 1. The molecule has 13 heavy (non-hydrogen) atoms. The number of hydrogen-bond acceptors (Lipinski definition) is 2. The first-order valence-electron chi connectivity index (χ1n) is 5.19. The predicted octanol–water partition coefficient (Wildman–Crippen LogP) is 1.36. The second kappa shape index (κ2) is 2.84. The molecule has 0 spiro atoms. The summed E-state index contributed by atoms with van der Waals surface area (Å²) >= 11 is 0. The van der Waals surface area contributed by atoms with Crippen molar-refractivity contribution in [2.24, 2.45) is 0 Å². The van der Waals surface area contributed by atoms with Crippen LogP contribution in [0.3, 0.4) is 0 Å². The maximum Gasteiger partial charge on any atom is 0.111 e. The summed E-state index contributed by atoms with van der Waals surface area (Å²) in [5.74, 6) is 2.63. The molecule has 1 aliphatic carbocycles. The predicted molar refractivity (Wildman–Crippen MR) is 50.8 cm³/mol. The third kappa shape index (κ3) is 1.18. The molecule has 1 aliphatic heterocycles. The number of imidazole rings is 1. The number of nitrogens with zero attached hydrogens (tertiary/aromatic N) is 1. The first kappa shape index (κ1) is 7.56. The zero-order chi connectivity index (χ0) is 8.67. The largest absolute Gasteiger partial charge is 0.345 e. The molecule has 0 atom stereocenters. The Kier molecular flexibility index (Phi) is 1.65. The second-order valence-corrected chi connectivity index (χ2v) is 4.21. The Bertz CT molecular complexity index is 268. The lowest BCUT2D eigenvalue weighted by atomic mass is 9.83. The second-order valence-electron chi connectivity index (χ2n) is 4.21. The molecule has 2 N–H and O–H groups in total. The van der Waals surface area contributed by atoms with Gasteiger partial charge in [0.2, 0.25) is 0 Å². The number of aromatic nitrogens is 2. The first-order valence-corrected chi connectivity index (χ1v) is 5.19. The van der Waals surface area contributed by atoms with Crippen LogP contribution in [0.5, 0.6) is 0 Å². The van der Waals surface area contributed by atoms with Gasteiger partial charge in [-0.2, -0.15) is 0 Å². The van der Waals surface area contributed by atoms with Crippen LogP contribution in [-0.2, 0) is 0 Å². The van der Waals surface area contributed by atoms with E-state index in [1.54, 1.807) is 0 Å². The van der Waals surface area contributed by atoms with E-state index in [4.69, 9.17) is 0 Å². The number of nitrogens with one attached hydrogen (secondary N) is 2. The van der Waals surface area contributed by atoms with Crippen molar-refractivity contribution in [2.45, 2.75) is 31.1 Å². The summed E-state index contributed by atoms with van der Waals surface area (Å²) < 4.78 is 0. The van der Waals surface area contributed by atoms with Gasteiger partial charge in [0.25, 0.3) is 0 Å². The van der Waals surface area contributed by atoms with E-state index in [0.717, 1.165) is 19.0 Å². The lowest BCUT2D eigenvalue weighted by Gasteiger charge is -2.26. The molecule has 2 fully saturated rings. The van der Waals surface area contributed by atoms with Gasteiger partial charge in [0.1, 0.15) is 5.82 Å². The van der Waals surface area contributed by atoms with E-state index < -0.39 is 0 Å². The van der Waals surface area contributed by atoms with Crippen LogP contribution in [0.1, 0.15) is 42.6 Å². The lowest BCUT2D eigenvalue weighted by Crippen LogP contribution is -2.40. The van der Waals surface area contributed by atoms with Crippen LogP contribution in [0.25, 0.3) is 0 Å². The highest BCUT2D eigenvalue weighted by Gasteiger charge is 2.25. The fourth-order valence-corrected chi connectivity index (χ4v) is 1.97. The van der Waals surface area contributed by atoms with Gasteiger partial charge in [-0.1, -0.05) is 6.42 Å². The summed E-state index contributed by atoms with van der Waals surface area (Å²) in [4.78, 5) is 7.91. The van der Waals surface area contributed by atoms with Gasteiger partial charge < -0.3 is 10.3 Å². The Hall–Kier alpha value is -0.830. The third-order valence-electron chi connectivity index (χ3n) is 3.33. The van der Waals surface area contributed by atoms with E-state index in [-0.39, 0.29) is 0 Å². The van der Waals surface area contributed by atoms with Gasteiger partial charge in [0.05, 0.1) is 0 Å². The summed E-state index contributed by atoms with van der Waals surface area (Å²) in [7, 11) is 0. The van der Waals surface area contributed by atoms with Gasteiger partial charge in [-0.05, 0) is 12.8 Å². The minimum atomic E-state index is 0.647. The maximum atomic E-state index is 4.45. The monoisotopic (exact) mass is 177 g/mol. The summed E-state index contributed by atoms with van der Waals surface area (Å²) in [6.07, 6.45) is 6.14. The highest BCUT2D eigenvalue weighted by molar-refractivity contribution is 5.14. The van der Waals surface area contributed by atoms with Crippen LogP contribution in [0.4, 0.5) is 0 Å². The topological polar surface area (TPSA) is 40.7 Å². The Morgan fingerprint density at radius 1 is 1.23 bits per heavy atom. The summed E-state index contributed by atoms with van der Waals surface area (Å²) in [5.41, 5.74) is 1.37. The molecule has 2 aliphatic rings. The molecule has 0 amide bonds. The van der Waals surface area contributed by atoms with E-state index in [0.29, 0.717) is 5.92 Å². The van der Waals surface area contributed by atoms with Crippen LogP contribution in [-0.4, -0.2) is 23.1 Å². The third-order valence-corrected chi connectivity index (χ3v) is 3.33. The van der Waals surface area contributed by atoms with E-state index in [1.807, 2.05) is 6.20 Å². The van der Waals surface area contributed by atoms with Crippen LogP contribution >= 0.6 is 0 Å². The smallest absolute Gasteiger partial charge is 0.111 e. The van der Waals surface area contributed by atoms with Crippen molar-refractivity contribution in [3.63, 3.8) is 0 Å². The molecular weight excluding hydrogens is 162 g/mol. The molecule has 2 heterocycles. The molecule has 1 saturated carbocycles. The fraction of sp³-hybridized carbons (Fsp3) is 0.700. The molecule has 1 saturated heterocycles. The Morgan fingerprint density at radius 3 is 2.62 bits per heavy atom. The standard InChI is InChI=1S/C10H15N3/c1-2-7(3-1)9-6-12-10(13-9)8-4-11-5-8/h6-8,11H,1-5H2,(H,12,13). The van der Waals surface area contributed by atoms with Gasteiger partial charge in [-0.3, -0.25) is 0 Å². The quantitative estimate of drug-likeness (QED) is 0.716. The zero-order valence-electron chi connectivity index (χ0n) is 7.71. The van der Waals surface area contributed by atoms with Crippen LogP contribution in [0.15, 0.2) is 6.20 Å². The normalized spacial score (nSPS) is 24.0. The van der Waals surface area contributed by atoms with Crippen LogP contribution in [0.2, 0.25) is 0 Å². The van der Waals surface area contributed by atoms with Crippen LogP contribution in [0, 0.1) is 0 Å². The molecule has 3 rings (SSSR count). The van der Waals surface area contributed by atoms with Crippen molar-refractivity contribution in [1.29, 1.82) is 0 Å². The Balaban J connectivity index is 1.76. The SMILES string of the molecule is c1nc(C2CNC2)[nH]c1C1CCC1. The van der Waals surface area contributed by atoms with Gasteiger partial charge in [0, 0.05) is 36.8 Å². The van der Waals surface area contributed by atoms with Crippen LogP contribution < -0.4 is 5.32 Å². The van der Waals surface area contributed by atoms with Gasteiger partial charge >= 0.3 is 0 Å². The molecular formula is C10H15N3. The molecule has 1 aromatic heterocycles. The van der Waals surface area contributed by atoms with E-state index >= 15 is 0 Å². The number of aromatic amines is 1. The summed E-state index contributed by atoms with van der Waals surface area (Å²) in [6.45, 7) is 2.19. The molecule has 0 radical (unpaired) electrons. The van der Waals surface area contributed by atoms with E-state index in [2.05, 4.69) is 15.3 Å². The van der Waals surface area contributed by atoms with E-state index in [9.17, 15) is 0 Å². The molecule has 0 bridgehead atoms. The first-order chi connectivity index (χ1) is 6.43. The molecule has 3 nitrogen and oxygen atoms in total. The molecule has 70 valence electrons. The van der Waals surface area contributed by atoms with Gasteiger partial charge in [-0.15, -0.1) is 0 Å². The van der Waals surface area contributed by atoms with Gasteiger partial charge in [0.15, 0.2) is 0 Å². The minimum Gasteiger partial charge on any atom is -0.345 e. The van der Waals surface area contributed by atoms with Crippen molar-refractivity contribution in [3.05, 3.63) is 17.7 Å². The lowest BCUT2D eigenvalue weighted by molar-refractivity contribution is 0.406. The van der Waals surface area contributed by atoms with E-state index in [1.165, 1.54) is 30.8 Å². The van der Waals surface area contributed by atoms with Crippen molar-refractivity contribution < 1.29 is 0 Å². The Labute approximate surface area is 78.0 Å². The zero-order valence-corrected chi connectivity index (χ0v) is 7.71. The van der Waals surface area contributed by atoms with Crippen molar-refractivity contribution >= 4 is 0 Å². The number of hydrogen-bond donors (Lipinski definition) is 2. The highest BCUT2D eigenvalue weighted by Crippen LogP contribution is 2.35. The van der Waals surface area contributed by atoms with Crippen molar-refractivity contribution in [3.8, 4) is 0 Å². The fourth-order valence-electron chi connectivity index (χ4n) is 1.97. The maximum absolute atomic E-state index is 4.45. The van der Waals surface area contributed by atoms with Crippen molar-refractivity contribution in [1.82, 2.24) is 15.3 Å². The average molecular weight is 177 g/mol. The molecule has 1 aromatic rings. The average Bonchev–Trinajstić information content (AvgIpc) is 2.29. The highest BCUT2D eigenvalue weighted by atomic mass is 15.0. The molecule has 3 heteroatoms. The molecule has 0 unspecified atom stereocenters. The van der Waals surface area contributed by atoms with Crippen molar-refractivity contribution in [2.75, 3.05) is 13.1 Å².